The first kappa shape index (κ1) is 18.1. The molecule has 30 heavy (non-hydrogen) atoms. The Morgan fingerprint density at radius 3 is 3.13 bits per heavy atom. The predicted octanol–water partition coefficient (Wildman–Crippen LogP) is 2.89. The molecule has 1 amide bonds. The molecule has 156 valence electrons. The highest BCUT2D eigenvalue weighted by Gasteiger charge is 2.45. The van der Waals surface area contributed by atoms with Crippen molar-refractivity contribution < 1.29 is 14.6 Å². The Labute approximate surface area is 176 Å². The fourth-order valence-corrected chi connectivity index (χ4v) is 5.93. The number of para-hydroxylation sites is 1. The van der Waals surface area contributed by atoms with Gasteiger partial charge in [0.1, 0.15) is 11.5 Å². The van der Waals surface area contributed by atoms with Gasteiger partial charge in [0.25, 0.3) is 0 Å². The van der Waals surface area contributed by atoms with Crippen molar-refractivity contribution in [3.05, 3.63) is 47.0 Å². The summed E-state index contributed by atoms with van der Waals surface area (Å²) >= 11 is 0. The second kappa shape index (κ2) is 6.91. The third-order valence-corrected chi connectivity index (χ3v) is 7.17. The van der Waals surface area contributed by atoms with Crippen molar-refractivity contribution in [2.75, 3.05) is 43.0 Å². The lowest BCUT2D eigenvalue weighted by atomic mass is 9.89. The Balaban J connectivity index is 1.14. The summed E-state index contributed by atoms with van der Waals surface area (Å²) in [6.07, 6.45) is 3.96. The highest BCUT2D eigenvalue weighted by atomic mass is 16.5. The maximum absolute atomic E-state index is 12.1. The van der Waals surface area contributed by atoms with Gasteiger partial charge in [0, 0.05) is 37.0 Å². The number of anilines is 2. The summed E-state index contributed by atoms with van der Waals surface area (Å²) in [6, 6.07) is 10.5. The summed E-state index contributed by atoms with van der Waals surface area (Å²) in [6.45, 7) is 4.35. The zero-order valence-corrected chi connectivity index (χ0v) is 17.1. The van der Waals surface area contributed by atoms with Crippen LogP contribution in [0.15, 0.2) is 30.3 Å². The molecule has 0 aromatic heterocycles. The molecule has 0 radical (unpaired) electrons. The fraction of sp³-hybridized carbons (Fsp3) is 0.458. The average Bonchev–Trinajstić information content (AvgIpc) is 3.32. The van der Waals surface area contributed by atoms with Crippen molar-refractivity contribution >= 4 is 17.3 Å². The van der Waals surface area contributed by atoms with Crippen LogP contribution >= 0.6 is 0 Å². The Hall–Kier alpha value is -2.73. The number of aryl methyl sites for hydroxylation is 1. The molecule has 6 heteroatoms. The second-order valence-corrected chi connectivity index (χ2v) is 8.98. The second-order valence-electron chi connectivity index (χ2n) is 8.98. The third kappa shape index (κ3) is 2.85. The zero-order valence-electron chi connectivity index (χ0n) is 17.1. The number of fused-ring (bicyclic) bond motifs is 4. The fourth-order valence-electron chi connectivity index (χ4n) is 5.93. The molecule has 2 N–H and O–H groups in total. The number of aromatic hydroxyl groups is 1. The summed E-state index contributed by atoms with van der Waals surface area (Å²) in [5.41, 5.74) is 5.89. The Morgan fingerprint density at radius 1 is 1.27 bits per heavy atom. The van der Waals surface area contributed by atoms with E-state index in [0.717, 1.165) is 74.5 Å². The standard InChI is InChI=1S/C24H27N3O3/c28-17-11-15(24-16(12-17)7-10-30-24)3-2-8-26-9-6-21-19(13-26)18-4-1-5-20-23(18)27(21)14-22(29)25-20/h1,4-5,11-12,19,21,28H,2-3,6-10,13-14H2,(H,25,29)/t19-,21-/m0/s1. The molecule has 0 bridgehead atoms. The first-order valence-electron chi connectivity index (χ1n) is 11.1. The number of nitrogens with one attached hydrogen (secondary N) is 1. The van der Waals surface area contributed by atoms with Gasteiger partial charge in [0.2, 0.25) is 5.91 Å². The Bertz CT molecular complexity index is 1020. The van der Waals surface area contributed by atoms with Gasteiger partial charge in [-0.2, -0.15) is 0 Å². The van der Waals surface area contributed by atoms with Gasteiger partial charge in [-0.05, 0) is 55.1 Å². The van der Waals surface area contributed by atoms with Crippen molar-refractivity contribution in [2.24, 2.45) is 0 Å². The van der Waals surface area contributed by atoms with E-state index in [2.05, 4.69) is 27.2 Å². The quantitative estimate of drug-likeness (QED) is 0.819. The topological polar surface area (TPSA) is 65.0 Å². The van der Waals surface area contributed by atoms with Crippen LogP contribution < -0.4 is 15.0 Å². The molecular weight excluding hydrogens is 378 g/mol. The molecule has 4 heterocycles. The number of nitrogens with zero attached hydrogens (tertiary/aromatic N) is 2. The summed E-state index contributed by atoms with van der Waals surface area (Å²) < 4.78 is 5.81. The van der Waals surface area contributed by atoms with Crippen molar-refractivity contribution in [3.8, 4) is 11.5 Å². The highest BCUT2D eigenvalue weighted by molar-refractivity contribution is 6.03. The molecule has 6 rings (SSSR count). The lowest BCUT2D eigenvalue weighted by molar-refractivity contribution is -0.115. The molecule has 2 aromatic rings. The van der Waals surface area contributed by atoms with Crippen molar-refractivity contribution in [1.82, 2.24) is 4.90 Å². The zero-order chi connectivity index (χ0) is 20.2. The van der Waals surface area contributed by atoms with Crippen molar-refractivity contribution in [2.45, 2.75) is 37.6 Å². The molecule has 0 unspecified atom stereocenters. The van der Waals surface area contributed by atoms with Crippen LogP contribution in [0.2, 0.25) is 0 Å². The van der Waals surface area contributed by atoms with Crippen LogP contribution in [0.25, 0.3) is 0 Å². The highest BCUT2D eigenvalue weighted by Crippen LogP contribution is 2.49. The molecule has 1 fully saturated rings. The summed E-state index contributed by atoms with van der Waals surface area (Å²) in [4.78, 5) is 17.1. The van der Waals surface area contributed by atoms with Gasteiger partial charge in [0.15, 0.2) is 0 Å². The predicted molar refractivity (Wildman–Crippen MR) is 116 cm³/mol. The maximum Gasteiger partial charge on any atom is 0.243 e. The van der Waals surface area contributed by atoms with E-state index in [1.807, 2.05) is 18.2 Å². The van der Waals surface area contributed by atoms with Crippen LogP contribution in [-0.2, 0) is 17.6 Å². The normalized spacial score (nSPS) is 24.1. The first-order chi connectivity index (χ1) is 14.7. The van der Waals surface area contributed by atoms with Gasteiger partial charge in [-0.15, -0.1) is 0 Å². The van der Waals surface area contributed by atoms with Crippen molar-refractivity contribution in [1.29, 1.82) is 0 Å². The van der Waals surface area contributed by atoms with Crippen LogP contribution in [0.1, 0.15) is 35.4 Å². The minimum atomic E-state index is 0.101. The number of piperidine rings is 1. The number of hydrogen-bond donors (Lipinski definition) is 2. The molecule has 1 saturated heterocycles. The Kier molecular flexibility index (Phi) is 4.16. The number of benzene rings is 2. The van der Waals surface area contributed by atoms with E-state index < -0.39 is 0 Å². The van der Waals surface area contributed by atoms with Crippen LogP contribution in [0, 0.1) is 0 Å². The minimum absolute atomic E-state index is 0.101. The van der Waals surface area contributed by atoms with Gasteiger partial charge in [-0.1, -0.05) is 12.1 Å². The van der Waals surface area contributed by atoms with E-state index in [1.54, 1.807) is 0 Å². The van der Waals surface area contributed by atoms with E-state index in [9.17, 15) is 9.90 Å². The van der Waals surface area contributed by atoms with E-state index >= 15 is 0 Å². The molecule has 4 aliphatic heterocycles. The summed E-state index contributed by atoms with van der Waals surface area (Å²) in [5, 5.41) is 13.1. The lowest BCUT2D eigenvalue weighted by Crippen LogP contribution is -2.49. The monoisotopic (exact) mass is 405 g/mol. The van der Waals surface area contributed by atoms with E-state index in [-0.39, 0.29) is 5.91 Å². The van der Waals surface area contributed by atoms with Gasteiger partial charge in [-0.3, -0.25) is 4.79 Å². The largest absolute Gasteiger partial charge is 0.508 e. The van der Waals surface area contributed by atoms with E-state index in [4.69, 9.17) is 4.74 Å². The molecule has 0 aliphatic carbocycles. The number of carbonyl (C=O) groups is 1. The van der Waals surface area contributed by atoms with Crippen molar-refractivity contribution in [3.63, 3.8) is 0 Å². The number of hydrogen-bond acceptors (Lipinski definition) is 5. The van der Waals surface area contributed by atoms with Gasteiger partial charge in [0.05, 0.1) is 24.5 Å². The summed E-state index contributed by atoms with van der Waals surface area (Å²) in [7, 11) is 0. The van der Waals surface area contributed by atoms with Crippen LogP contribution in [0.5, 0.6) is 11.5 Å². The molecule has 4 aliphatic rings. The van der Waals surface area contributed by atoms with E-state index in [1.165, 1.54) is 11.3 Å². The number of amides is 1. The van der Waals surface area contributed by atoms with Gasteiger partial charge < -0.3 is 25.0 Å². The SMILES string of the molecule is O=C1CN2c3c(cccc3[C@@H]3CN(CCCc4cc(O)cc5c4OCC5)CC[C@@H]32)N1. The average molecular weight is 405 g/mol. The lowest BCUT2D eigenvalue weighted by Gasteiger charge is -2.39. The van der Waals surface area contributed by atoms with Crippen LogP contribution in [0.3, 0.4) is 0 Å². The van der Waals surface area contributed by atoms with Gasteiger partial charge in [-0.25, -0.2) is 0 Å². The minimum Gasteiger partial charge on any atom is -0.508 e. The Morgan fingerprint density at radius 2 is 2.20 bits per heavy atom. The number of ether oxygens (including phenoxy) is 1. The third-order valence-electron chi connectivity index (χ3n) is 7.17. The number of carbonyl (C=O) groups excluding carboxylic acids is 1. The van der Waals surface area contributed by atoms with Gasteiger partial charge >= 0.3 is 0 Å². The smallest absolute Gasteiger partial charge is 0.243 e. The molecular formula is C24H27N3O3. The van der Waals surface area contributed by atoms with Crippen LogP contribution in [0.4, 0.5) is 11.4 Å². The molecule has 2 atom stereocenters. The molecule has 0 spiro atoms. The number of phenols is 1. The van der Waals surface area contributed by atoms with Crippen LogP contribution in [-0.4, -0.2) is 54.7 Å². The van der Waals surface area contributed by atoms with E-state index in [0.29, 0.717) is 24.3 Å². The summed E-state index contributed by atoms with van der Waals surface area (Å²) in [5.74, 6) is 1.91. The number of phenolic OH excluding ortho intramolecular Hbond substituents is 1. The maximum atomic E-state index is 12.1. The number of rotatable bonds is 4. The first-order valence-corrected chi connectivity index (χ1v) is 11.1. The molecule has 0 saturated carbocycles. The molecule has 2 aromatic carbocycles. The molecule has 6 nitrogen and oxygen atoms in total. The number of likely N-dealkylation sites (tertiary alicyclic amines) is 1.